The van der Waals surface area contributed by atoms with Gasteiger partial charge >= 0.3 is 0 Å². The Morgan fingerprint density at radius 1 is 1.09 bits per heavy atom. The molecule has 3 rings (SSSR count). The zero-order valence-electron chi connectivity index (χ0n) is 11.3. The van der Waals surface area contributed by atoms with E-state index in [9.17, 15) is 30.3 Å². The van der Waals surface area contributed by atoms with Crippen molar-refractivity contribution in [3.63, 3.8) is 0 Å². The zero-order valence-corrected chi connectivity index (χ0v) is 11.3. The normalized spacial score (nSPS) is 30.4. The van der Waals surface area contributed by atoms with Gasteiger partial charge in [-0.1, -0.05) is 30.3 Å². The molecule has 1 fully saturated rings. The number of ether oxygens (including phenoxy) is 1. The third-order valence-electron chi connectivity index (χ3n) is 3.80. The van der Waals surface area contributed by atoms with Crippen LogP contribution >= 0.6 is 0 Å². The Morgan fingerprint density at radius 3 is 2.36 bits per heavy atom. The molecule has 1 saturated heterocycles. The second-order valence-electron chi connectivity index (χ2n) is 5.34. The molecular weight excluding hydrogens is 292 g/mol. The number of allylic oxidation sites excluding steroid dienone is 1. The second kappa shape index (κ2) is 4.57. The van der Waals surface area contributed by atoms with E-state index in [0.29, 0.717) is 5.56 Å². The number of benzene rings is 1. The number of hydrogen-bond acceptors (Lipinski definition) is 7. The van der Waals surface area contributed by atoms with Crippen LogP contribution in [-0.2, 0) is 15.3 Å². The number of aliphatic hydroxyl groups is 5. The SMILES string of the molecule is O=C1CC(O)(c2ccccc2)OC2=CC(O)=C(O)C(O)(O)C12. The van der Waals surface area contributed by atoms with Crippen molar-refractivity contribution < 1.29 is 35.1 Å². The van der Waals surface area contributed by atoms with E-state index < -0.39 is 41.2 Å². The number of carbonyl (C=O) groups is 1. The molecule has 2 atom stereocenters. The fourth-order valence-electron chi connectivity index (χ4n) is 2.71. The van der Waals surface area contributed by atoms with Gasteiger partial charge < -0.3 is 30.3 Å². The number of hydrogen-bond donors (Lipinski definition) is 5. The first-order chi connectivity index (χ1) is 10.3. The molecule has 1 aromatic rings. The lowest BCUT2D eigenvalue weighted by atomic mass is 9.80. The summed E-state index contributed by atoms with van der Waals surface area (Å²) in [6.07, 6.45) is 0.353. The first-order valence-electron chi connectivity index (χ1n) is 6.54. The van der Waals surface area contributed by atoms with E-state index >= 15 is 0 Å². The smallest absolute Gasteiger partial charge is 0.243 e. The van der Waals surface area contributed by atoms with Gasteiger partial charge in [0.1, 0.15) is 11.7 Å². The minimum Gasteiger partial charge on any atom is -0.504 e. The lowest BCUT2D eigenvalue weighted by molar-refractivity contribution is -0.249. The molecule has 1 aromatic carbocycles. The van der Waals surface area contributed by atoms with Crippen molar-refractivity contribution in [3.8, 4) is 0 Å². The van der Waals surface area contributed by atoms with Gasteiger partial charge in [-0.05, 0) is 0 Å². The van der Waals surface area contributed by atoms with Gasteiger partial charge in [-0.15, -0.1) is 0 Å². The molecule has 0 saturated carbocycles. The highest BCUT2D eigenvalue weighted by Crippen LogP contribution is 2.45. The summed E-state index contributed by atoms with van der Waals surface area (Å²) in [7, 11) is 0. The highest BCUT2D eigenvalue weighted by molar-refractivity contribution is 5.87. The molecule has 1 aliphatic carbocycles. The summed E-state index contributed by atoms with van der Waals surface area (Å²) in [6, 6.07) is 8.12. The van der Waals surface area contributed by atoms with E-state index in [4.69, 9.17) is 4.74 Å². The van der Waals surface area contributed by atoms with Gasteiger partial charge in [-0.3, -0.25) is 4.79 Å². The average molecular weight is 306 g/mol. The molecule has 22 heavy (non-hydrogen) atoms. The Balaban J connectivity index is 2.06. The molecule has 1 aliphatic heterocycles. The molecule has 2 aliphatic rings. The molecule has 2 unspecified atom stereocenters. The maximum Gasteiger partial charge on any atom is 0.243 e. The second-order valence-corrected chi connectivity index (χ2v) is 5.34. The van der Waals surface area contributed by atoms with Crippen LogP contribution in [0.25, 0.3) is 0 Å². The number of Topliss-reactive ketones (excluding diaryl/α,β-unsaturated/α-hetero) is 1. The van der Waals surface area contributed by atoms with E-state index in [0.717, 1.165) is 6.08 Å². The number of aliphatic hydroxyl groups excluding tert-OH is 2. The van der Waals surface area contributed by atoms with E-state index in [1.54, 1.807) is 30.3 Å². The van der Waals surface area contributed by atoms with Crippen LogP contribution in [0.15, 0.2) is 53.7 Å². The van der Waals surface area contributed by atoms with Crippen molar-refractivity contribution in [2.75, 3.05) is 0 Å². The van der Waals surface area contributed by atoms with Crippen LogP contribution in [0.1, 0.15) is 12.0 Å². The topological polar surface area (TPSA) is 127 Å². The molecule has 116 valence electrons. The van der Waals surface area contributed by atoms with Gasteiger partial charge in [0.2, 0.25) is 11.6 Å². The van der Waals surface area contributed by atoms with E-state index in [-0.39, 0.29) is 5.76 Å². The van der Waals surface area contributed by atoms with Crippen LogP contribution in [0.2, 0.25) is 0 Å². The minimum atomic E-state index is -2.98. The molecule has 0 aromatic heterocycles. The summed E-state index contributed by atoms with van der Waals surface area (Å²) in [4.78, 5) is 12.3. The highest BCUT2D eigenvalue weighted by atomic mass is 16.6. The number of carbonyl (C=O) groups excluding carboxylic acids is 1. The third-order valence-corrected chi connectivity index (χ3v) is 3.80. The van der Waals surface area contributed by atoms with Crippen LogP contribution in [-0.4, -0.2) is 37.1 Å². The van der Waals surface area contributed by atoms with Crippen LogP contribution < -0.4 is 0 Å². The zero-order chi connectivity index (χ0) is 16.1. The summed E-state index contributed by atoms with van der Waals surface area (Å²) < 4.78 is 5.36. The molecule has 0 spiro atoms. The van der Waals surface area contributed by atoms with Crippen molar-refractivity contribution in [2.45, 2.75) is 18.0 Å². The molecule has 0 amide bonds. The first kappa shape index (κ1) is 14.6. The lowest BCUT2D eigenvalue weighted by Gasteiger charge is -2.42. The van der Waals surface area contributed by atoms with E-state index in [1.165, 1.54) is 0 Å². The Hall–Kier alpha value is -2.35. The first-order valence-corrected chi connectivity index (χ1v) is 6.54. The lowest BCUT2D eigenvalue weighted by Crippen LogP contribution is -2.53. The summed E-state index contributed by atoms with van der Waals surface area (Å²) in [5.41, 5.74) is 0.308. The van der Waals surface area contributed by atoms with Crippen LogP contribution in [0, 0.1) is 5.92 Å². The van der Waals surface area contributed by atoms with Gasteiger partial charge in [-0.25, -0.2) is 0 Å². The van der Waals surface area contributed by atoms with Crippen molar-refractivity contribution in [3.05, 3.63) is 59.2 Å². The largest absolute Gasteiger partial charge is 0.504 e. The molecule has 5 N–H and O–H groups in total. The van der Waals surface area contributed by atoms with Gasteiger partial charge in [-0.2, -0.15) is 0 Å². The molecule has 0 radical (unpaired) electrons. The molecule has 7 heteroatoms. The Labute approximate surface area is 125 Å². The highest BCUT2D eigenvalue weighted by Gasteiger charge is 2.57. The van der Waals surface area contributed by atoms with E-state index in [1.807, 2.05) is 0 Å². The summed E-state index contributed by atoms with van der Waals surface area (Å²) in [5.74, 6) is -9.64. The van der Waals surface area contributed by atoms with Gasteiger partial charge in [0.15, 0.2) is 17.3 Å². The Morgan fingerprint density at radius 2 is 1.73 bits per heavy atom. The summed E-state index contributed by atoms with van der Waals surface area (Å²) >= 11 is 0. The summed E-state index contributed by atoms with van der Waals surface area (Å²) in [5, 5.41) is 49.4. The Bertz CT molecular complexity index is 689. The van der Waals surface area contributed by atoms with Gasteiger partial charge in [0.05, 0.1) is 6.42 Å². The standard InChI is InChI=1S/C15H14O7/c16-9-6-11-12(15(20,21)13(9)18)10(17)7-14(19,22-11)8-4-2-1-3-5-8/h1-6,12,16,18-21H,7H2. The number of ketones is 1. The predicted molar refractivity (Wildman–Crippen MR) is 72.1 cm³/mol. The predicted octanol–water partition coefficient (Wildman–Crippen LogP) is 0.343. The summed E-state index contributed by atoms with van der Waals surface area (Å²) in [6.45, 7) is 0. The van der Waals surface area contributed by atoms with Crippen molar-refractivity contribution in [1.29, 1.82) is 0 Å². The monoisotopic (exact) mass is 306 g/mol. The van der Waals surface area contributed by atoms with Crippen LogP contribution in [0.4, 0.5) is 0 Å². The average Bonchev–Trinajstić information content (AvgIpc) is 2.45. The maximum absolute atomic E-state index is 12.3. The van der Waals surface area contributed by atoms with Gasteiger partial charge in [0.25, 0.3) is 0 Å². The van der Waals surface area contributed by atoms with E-state index in [2.05, 4.69) is 0 Å². The van der Waals surface area contributed by atoms with Crippen molar-refractivity contribution >= 4 is 5.78 Å². The fraction of sp³-hybridized carbons (Fsp3) is 0.267. The van der Waals surface area contributed by atoms with Gasteiger partial charge in [0, 0.05) is 11.6 Å². The quantitative estimate of drug-likeness (QED) is 0.473. The minimum absolute atomic E-state index is 0.308. The molecule has 1 heterocycles. The van der Waals surface area contributed by atoms with Crippen molar-refractivity contribution in [2.24, 2.45) is 5.92 Å². The number of rotatable bonds is 1. The fourth-order valence-corrected chi connectivity index (χ4v) is 2.71. The van der Waals surface area contributed by atoms with Crippen LogP contribution in [0.3, 0.4) is 0 Å². The number of fused-ring (bicyclic) bond motifs is 1. The molecule has 7 nitrogen and oxygen atoms in total. The molecular formula is C15H14O7. The Kier molecular flexibility index (Phi) is 3.03. The maximum atomic E-state index is 12.3. The third kappa shape index (κ3) is 1.98. The molecule has 0 bridgehead atoms. The van der Waals surface area contributed by atoms with Crippen molar-refractivity contribution in [1.82, 2.24) is 0 Å². The van der Waals surface area contributed by atoms with Crippen LogP contribution in [0.5, 0.6) is 0 Å².